The van der Waals surface area contributed by atoms with Crippen LogP contribution in [0, 0.1) is 11.3 Å². The van der Waals surface area contributed by atoms with E-state index in [4.69, 9.17) is 4.74 Å². The van der Waals surface area contributed by atoms with Crippen molar-refractivity contribution in [1.82, 2.24) is 10.6 Å². The fourth-order valence-corrected chi connectivity index (χ4v) is 2.69. The Morgan fingerprint density at radius 2 is 2.18 bits per heavy atom. The van der Waals surface area contributed by atoms with E-state index < -0.39 is 0 Å². The Morgan fingerprint density at radius 1 is 1.41 bits per heavy atom. The minimum absolute atomic E-state index is 0.407. The van der Waals surface area contributed by atoms with Crippen LogP contribution < -0.4 is 10.6 Å². The van der Waals surface area contributed by atoms with Crippen molar-refractivity contribution >= 4 is 0 Å². The molecule has 0 aromatic rings. The summed E-state index contributed by atoms with van der Waals surface area (Å²) in [5.41, 5.74) is 0.407. The Bertz CT molecular complexity index is 198. The second kappa shape index (κ2) is 7.34. The highest BCUT2D eigenvalue weighted by Crippen LogP contribution is 2.23. The molecule has 3 heteroatoms. The smallest absolute Gasteiger partial charge is 0.0620 e. The fraction of sp³-hybridized carbons (Fsp3) is 1.00. The van der Waals surface area contributed by atoms with Crippen molar-refractivity contribution in [1.29, 1.82) is 0 Å². The highest BCUT2D eigenvalue weighted by atomic mass is 16.5. The van der Waals surface area contributed by atoms with E-state index in [0.717, 1.165) is 45.2 Å². The molecule has 2 N–H and O–H groups in total. The van der Waals surface area contributed by atoms with Gasteiger partial charge >= 0.3 is 0 Å². The van der Waals surface area contributed by atoms with Crippen LogP contribution in [-0.4, -0.2) is 38.9 Å². The van der Waals surface area contributed by atoms with Crippen LogP contribution in [0.15, 0.2) is 0 Å². The highest BCUT2D eigenvalue weighted by molar-refractivity contribution is 4.75. The molecule has 1 aliphatic rings. The van der Waals surface area contributed by atoms with Crippen molar-refractivity contribution in [3.63, 3.8) is 0 Å². The van der Waals surface area contributed by atoms with Gasteiger partial charge in [-0.15, -0.1) is 0 Å². The van der Waals surface area contributed by atoms with Crippen molar-refractivity contribution in [2.24, 2.45) is 11.3 Å². The van der Waals surface area contributed by atoms with Crippen molar-refractivity contribution < 1.29 is 4.74 Å². The largest absolute Gasteiger partial charge is 0.379 e. The van der Waals surface area contributed by atoms with E-state index >= 15 is 0 Å². The molecule has 1 saturated heterocycles. The lowest BCUT2D eigenvalue weighted by molar-refractivity contribution is 0.0740. The lowest BCUT2D eigenvalue weighted by Crippen LogP contribution is -2.43. The highest BCUT2D eigenvalue weighted by Gasteiger charge is 2.19. The van der Waals surface area contributed by atoms with Gasteiger partial charge in [0.2, 0.25) is 0 Å². The van der Waals surface area contributed by atoms with Gasteiger partial charge in [-0.1, -0.05) is 27.7 Å². The third kappa shape index (κ3) is 7.02. The molecule has 0 spiro atoms. The fourth-order valence-electron chi connectivity index (χ4n) is 2.69. The summed E-state index contributed by atoms with van der Waals surface area (Å²) in [6, 6.07) is 0.546. The monoisotopic (exact) mass is 242 g/mol. The Kier molecular flexibility index (Phi) is 6.45. The average Bonchev–Trinajstić information content (AvgIpc) is 2.24. The van der Waals surface area contributed by atoms with Crippen LogP contribution in [0.2, 0.25) is 0 Å². The lowest BCUT2D eigenvalue weighted by atomic mass is 9.84. The van der Waals surface area contributed by atoms with E-state index in [-0.39, 0.29) is 0 Å². The second-order valence-electron chi connectivity index (χ2n) is 6.45. The topological polar surface area (TPSA) is 33.3 Å². The van der Waals surface area contributed by atoms with E-state index in [1.165, 1.54) is 6.42 Å². The van der Waals surface area contributed by atoms with E-state index in [1.54, 1.807) is 0 Å². The molecule has 1 rings (SSSR count). The molecular weight excluding hydrogens is 212 g/mol. The number of ether oxygens (including phenoxy) is 1. The van der Waals surface area contributed by atoms with Crippen LogP contribution in [-0.2, 0) is 4.74 Å². The molecule has 0 aromatic heterocycles. The predicted octanol–water partition coefficient (Wildman–Crippen LogP) is 2.03. The normalized spacial score (nSPS) is 22.1. The molecule has 1 unspecified atom stereocenters. The van der Waals surface area contributed by atoms with Crippen LogP contribution in [0.25, 0.3) is 0 Å². The van der Waals surface area contributed by atoms with Gasteiger partial charge in [-0.3, -0.25) is 0 Å². The number of rotatable bonds is 7. The first-order valence-electron chi connectivity index (χ1n) is 7.01. The number of hydrogen-bond donors (Lipinski definition) is 2. The molecule has 1 atom stereocenters. The Labute approximate surface area is 107 Å². The van der Waals surface area contributed by atoms with Crippen LogP contribution in [0.1, 0.15) is 40.5 Å². The summed E-state index contributed by atoms with van der Waals surface area (Å²) < 4.78 is 5.44. The number of nitrogens with one attached hydrogen (secondary N) is 2. The molecule has 1 aliphatic heterocycles. The predicted molar refractivity (Wildman–Crippen MR) is 73.3 cm³/mol. The first kappa shape index (κ1) is 14.9. The van der Waals surface area contributed by atoms with Gasteiger partial charge in [0.1, 0.15) is 0 Å². The van der Waals surface area contributed by atoms with Gasteiger partial charge in [0.25, 0.3) is 0 Å². The maximum Gasteiger partial charge on any atom is 0.0620 e. The van der Waals surface area contributed by atoms with Crippen LogP contribution in [0.4, 0.5) is 0 Å². The molecule has 102 valence electrons. The van der Waals surface area contributed by atoms with Crippen LogP contribution in [0.3, 0.4) is 0 Å². The van der Waals surface area contributed by atoms with E-state index in [1.807, 2.05) is 0 Å². The molecule has 0 saturated carbocycles. The summed E-state index contributed by atoms with van der Waals surface area (Å²) in [6.07, 6.45) is 2.45. The first-order chi connectivity index (χ1) is 7.99. The van der Waals surface area contributed by atoms with E-state index in [2.05, 4.69) is 38.3 Å². The Balaban J connectivity index is 2.06. The minimum atomic E-state index is 0.407. The van der Waals surface area contributed by atoms with Gasteiger partial charge in [-0.2, -0.15) is 0 Å². The molecule has 17 heavy (non-hydrogen) atoms. The zero-order valence-electron chi connectivity index (χ0n) is 12.0. The van der Waals surface area contributed by atoms with E-state index in [0.29, 0.717) is 11.5 Å². The molecule has 0 amide bonds. The number of hydrogen-bond acceptors (Lipinski definition) is 3. The van der Waals surface area contributed by atoms with Crippen LogP contribution >= 0.6 is 0 Å². The van der Waals surface area contributed by atoms with Crippen molar-refractivity contribution in [2.75, 3.05) is 32.8 Å². The van der Waals surface area contributed by atoms with Gasteiger partial charge < -0.3 is 15.4 Å². The molecule has 0 aromatic carbocycles. The van der Waals surface area contributed by atoms with Gasteiger partial charge in [0.15, 0.2) is 0 Å². The number of morpholine rings is 1. The zero-order chi connectivity index (χ0) is 12.7. The molecule has 0 bridgehead atoms. The average molecular weight is 242 g/mol. The Morgan fingerprint density at radius 3 is 2.76 bits per heavy atom. The quantitative estimate of drug-likeness (QED) is 0.670. The zero-order valence-corrected chi connectivity index (χ0v) is 12.0. The SMILES string of the molecule is CC(C)CC(C)(C)CNCCC1COCCN1. The van der Waals surface area contributed by atoms with Crippen molar-refractivity contribution in [3.05, 3.63) is 0 Å². The van der Waals surface area contributed by atoms with Crippen molar-refractivity contribution in [2.45, 2.75) is 46.6 Å². The van der Waals surface area contributed by atoms with Gasteiger partial charge in [-0.25, -0.2) is 0 Å². The summed E-state index contributed by atoms with van der Waals surface area (Å²) in [5, 5.41) is 7.07. The molecule has 3 nitrogen and oxygen atoms in total. The van der Waals surface area contributed by atoms with Crippen LogP contribution in [0.5, 0.6) is 0 Å². The molecular formula is C14H30N2O. The standard InChI is InChI=1S/C14H30N2O/c1-12(2)9-14(3,4)11-15-6-5-13-10-17-8-7-16-13/h12-13,15-16H,5-11H2,1-4H3. The van der Waals surface area contributed by atoms with Gasteiger partial charge in [0, 0.05) is 19.1 Å². The third-order valence-corrected chi connectivity index (χ3v) is 3.23. The summed E-state index contributed by atoms with van der Waals surface area (Å²) in [7, 11) is 0. The molecule has 0 aliphatic carbocycles. The summed E-state index contributed by atoms with van der Waals surface area (Å²) in [4.78, 5) is 0. The maximum absolute atomic E-state index is 5.44. The summed E-state index contributed by atoms with van der Waals surface area (Å²) in [6.45, 7) is 14.2. The molecule has 1 fully saturated rings. The molecule has 0 radical (unpaired) electrons. The second-order valence-corrected chi connectivity index (χ2v) is 6.45. The summed E-state index contributed by atoms with van der Waals surface area (Å²) >= 11 is 0. The van der Waals surface area contributed by atoms with Crippen molar-refractivity contribution in [3.8, 4) is 0 Å². The first-order valence-corrected chi connectivity index (χ1v) is 7.01. The third-order valence-electron chi connectivity index (χ3n) is 3.23. The molecule has 1 heterocycles. The minimum Gasteiger partial charge on any atom is -0.379 e. The van der Waals surface area contributed by atoms with Gasteiger partial charge in [-0.05, 0) is 30.7 Å². The Hall–Kier alpha value is -0.120. The summed E-state index contributed by atoms with van der Waals surface area (Å²) in [5.74, 6) is 0.778. The van der Waals surface area contributed by atoms with Gasteiger partial charge in [0.05, 0.1) is 13.2 Å². The van der Waals surface area contributed by atoms with E-state index in [9.17, 15) is 0 Å². The lowest BCUT2D eigenvalue weighted by Gasteiger charge is -2.28. The maximum atomic E-state index is 5.44.